The summed E-state index contributed by atoms with van der Waals surface area (Å²) in [5.41, 5.74) is 0.458. The van der Waals surface area contributed by atoms with Crippen molar-refractivity contribution < 1.29 is 4.79 Å². The van der Waals surface area contributed by atoms with E-state index in [1.807, 2.05) is 0 Å². The predicted molar refractivity (Wildman–Crippen MR) is 49.5 cm³/mol. The number of hydrogen-bond donors (Lipinski definition) is 2. The van der Waals surface area contributed by atoms with Crippen LogP contribution in [0.4, 0.5) is 0 Å². The van der Waals surface area contributed by atoms with Gasteiger partial charge in [0.15, 0.2) is 0 Å². The van der Waals surface area contributed by atoms with Gasteiger partial charge in [0.05, 0.1) is 0 Å². The van der Waals surface area contributed by atoms with Crippen LogP contribution in [0, 0.1) is 9.56 Å². The molecule has 0 saturated heterocycles. The van der Waals surface area contributed by atoms with Gasteiger partial charge in [-0.1, -0.05) is 30.3 Å². The first kappa shape index (κ1) is 8.93. The maximum Gasteiger partial charge on any atom is 0.238 e. The van der Waals surface area contributed by atoms with Gasteiger partial charge in [0.2, 0.25) is 5.12 Å². The van der Waals surface area contributed by atoms with E-state index in [1.54, 1.807) is 30.3 Å². The molecule has 0 heterocycles. The molecule has 1 aromatic rings. The van der Waals surface area contributed by atoms with E-state index in [-0.39, 0.29) is 5.12 Å². The van der Waals surface area contributed by atoms with E-state index in [9.17, 15) is 4.79 Å². The second-order valence-corrected chi connectivity index (χ2v) is 4.78. The monoisotopic (exact) mass is 182 g/mol. The quantitative estimate of drug-likeness (QED) is 0.686. The van der Waals surface area contributed by atoms with Gasteiger partial charge in [-0.25, -0.2) is 0 Å². The summed E-state index contributed by atoms with van der Waals surface area (Å²) in [6.07, 6.45) is 1.35. The van der Waals surface area contributed by atoms with Crippen LogP contribution in [0.25, 0.3) is 0 Å². The van der Waals surface area contributed by atoms with Crippen LogP contribution in [0.2, 0.25) is 0 Å². The molecule has 0 radical (unpaired) electrons. The van der Waals surface area contributed by atoms with Crippen LogP contribution in [0.5, 0.6) is 0 Å². The molecule has 0 spiro atoms. The highest BCUT2D eigenvalue weighted by molar-refractivity contribution is 8.07. The Kier molecular flexibility index (Phi) is 2.28. The number of nitrogens with one attached hydrogen (secondary N) is 2. The zero-order chi connectivity index (χ0) is 9.19. The Hall–Kier alpha value is -1.16. The van der Waals surface area contributed by atoms with Crippen molar-refractivity contribution in [3.63, 3.8) is 0 Å². The average molecular weight is 182 g/mol. The summed E-state index contributed by atoms with van der Waals surface area (Å²) >= 11 is 0. The normalized spacial score (nSPS) is 11.1. The highest BCUT2D eigenvalue weighted by Gasteiger charge is 2.09. The lowest BCUT2D eigenvalue weighted by Crippen LogP contribution is -2.09. The molecule has 3 nitrogen and oxygen atoms in total. The van der Waals surface area contributed by atoms with E-state index >= 15 is 0 Å². The Labute approximate surface area is 71.8 Å². The fourth-order valence-corrected chi connectivity index (χ4v) is 1.42. The molecule has 12 heavy (non-hydrogen) atoms. The highest BCUT2D eigenvalue weighted by Crippen LogP contribution is 2.04. The molecule has 0 amide bonds. The first-order chi connectivity index (χ1) is 5.52. The molecule has 1 aromatic carbocycles. The molecule has 0 aliphatic carbocycles. The maximum atomic E-state index is 11.3. The van der Waals surface area contributed by atoms with E-state index in [2.05, 4.69) is 0 Å². The number of rotatable bonds is 1. The Morgan fingerprint density at radius 1 is 1.25 bits per heavy atom. The van der Waals surface area contributed by atoms with Crippen molar-refractivity contribution in [1.29, 1.82) is 9.56 Å². The fourth-order valence-electron chi connectivity index (χ4n) is 0.810. The van der Waals surface area contributed by atoms with Gasteiger partial charge in [-0.15, -0.1) is 0 Å². The van der Waals surface area contributed by atoms with Crippen molar-refractivity contribution in [1.82, 2.24) is 0 Å². The molecule has 4 heteroatoms. The van der Waals surface area contributed by atoms with Gasteiger partial charge in [0.1, 0.15) is 0 Å². The highest BCUT2D eigenvalue weighted by atomic mass is 32.2. The Morgan fingerprint density at radius 2 is 1.75 bits per heavy atom. The molecule has 0 aliphatic heterocycles. The van der Waals surface area contributed by atoms with Crippen LogP contribution in [0.3, 0.4) is 0 Å². The van der Waals surface area contributed by atoms with Crippen LogP contribution in [-0.2, 0) is 9.62 Å². The predicted octanol–water partition coefficient (Wildman–Crippen LogP) is 2.14. The zero-order valence-electron chi connectivity index (χ0n) is 6.70. The van der Waals surface area contributed by atoms with E-state index in [1.165, 1.54) is 6.26 Å². The van der Waals surface area contributed by atoms with Crippen molar-refractivity contribution in [2.24, 2.45) is 0 Å². The van der Waals surface area contributed by atoms with Crippen molar-refractivity contribution >= 4 is 14.7 Å². The van der Waals surface area contributed by atoms with Gasteiger partial charge in [0.25, 0.3) is 0 Å². The summed E-state index contributed by atoms with van der Waals surface area (Å²) in [6, 6.07) is 8.54. The summed E-state index contributed by atoms with van der Waals surface area (Å²) < 4.78 is 14.6. The summed E-state index contributed by atoms with van der Waals surface area (Å²) in [7, 11) is -2.59. The lowest BCUT2D eigenvalue weighted by Gasteiger charge is -2.01. The number of carbonyl (C=O) groups is 1. The van der Waals surface area contributed by atoms with Crippen molar-refractivity contribution in [2.45, 2.75) is 0 Å². The molecule has 0 aliphatic rings. The van der Waals surface area contributed by atoms with Gasteiger partial charge in [-0.05, 0) is 9.62 Å². The van der Waals surface area contributed by atoms with E-state index in [0.29, 0.717) is 5.56 Å². The molecule has 0 bridgehead atoms. The molecule has 0 fully saturated rings. The average Bonchev–Trinajstić information content (AvgIpc) is 2.03. The number of carbonyl (C=O) groups excluding carboxylic acids is 1. The van der Waals surface area contributed by atoms with Crippen LogP contribution in [-0.4, -0.2) is 11.4 Å². The molecule has 0 aromatic heterocycles. The summed E-state index contributed by atoms with van der Waals surface area (Å²) in [4.78, 5) is 11.3. The van der Waals surface area contributed by atoms with Gasteiger partial charge in [-0.3, -0.25) is 14.4 Å². The third-order valence-electron chi connectivity index (χ3n) is 1.38. The molecule has 0 atom stereocenters. The van der Waals surface area contributed by atoms with Crippen LogP contribution >= 0.6 is 0 Å². The van der Waals surface area contributed by atoms with Crippen LogP contribution in [0.1, 0.15) is 10.4 Å². The topological polar surface area (TPSA) is 64.8 Å². The van der Waals surface area contributed by atoms with E-state index in [4.69, 9.17) is 9.56 Å². The SMILES string of the molecule is CS(=N)(=N)C(=O)c1ccccc1. The minimum Gasteiger partial charge on any atom is -0.280 e. The third kappa shape index (κ3) is 1.92. The smallest absolute Gasteiger partial charge is 0.238 e. The van der Waals surface area contributed by atoms with E-state index < -0.39 is 9.62 Å². The molecular weight excluding hydrogens is 172 g/mol. The summed E-state index contributed by atoms with van der Waals surface area (Å²) in [5, 5.41) is -0.386. The first-order valence-corrected chi connectivity index (χ1v) is 5.43. The molecule has 1 rings (SSSR count). The Balaban J connectivity index is 3.11. The summed E-state index contributed by atoms with van der Waals surface area (Å²) in [5.74, 6) is 0. The molecule has 2 N–H and O–H groups in total. The largest absolute Gasteiger partial charge is 0.280 e. The number of hydrogen-bond acceptors (Lipinski definition) is 3. The Morgan fingerprint density at radius 3 is 2.17 bits per heavy atom. The third-order valence-corrected chi connectivity index (χ3v) is 2.36. The Bertz CT molecular complexity index is 381. The van der Waals surface area contributed by atoms with Crippen molar-refractivity contribution in [2.75, 3.05) is 6.26 Å². The molecule has 0 saturated carbocycles. The summed E-state index contributed by atoms with van der Waals surface area (Å²) in [6.45, 7) is 0. The minimum absolute atomic E-state index is 0.386. The van der Waals surface area contributed by atoms with Crippen molar-refractivity contribution in [3.05, 3.63) is 35.9 Å². The second-order valence-electron chi connectivity index (χ2n) is 2.57. The van der Waals surface area contributed by atoms with Gasteiger partial charge in [0, 0.05) is 11.8 Å². The standard InChI is InChI=1S/C8H10N2OS/c1-12(9,10)8(11)7-5-3-2-4-6-7/h2-6,9-10H,1H3. The number of benzene rings is 1. The lowest BCUT2D eigenvalue weighted by molar-refractivity contribution is 0.108. The van der Waals surface area contributed by atoms with Gasteiger partial charge >= 0.3 is 0 Å². The second kappa shape index (κ2) is 3.06. The minimum atomic E-state index is -2.59. The van der Waals surface area contributed by atoms with Crippen molar-refractivity contribution in [3.8, 4) is 0 Å². The molecular formula is C8H10N2OS. The lowest BCUT2D eigenvalue weighted by atomic mass is 10.2. The maximum absolute atomic E-state index is 11.3. The van der Waals surface area contributed by atoms with Crippen LogP contribution < -0.4 is 0 Å². The van der Waals surface area contributed by atoms with Crippen LogP contribution in [0.15, 0.2) is 30.3 Å². The zero-order valence-corrected chi connectivity index (χ0v) is 7.52. The molecule has 64 valence electrons. The first-order valence-electron chi connectivity index (χ1n) is 3.39. The fraction of sp³-hybridized carbons (Fsp3) is 0.125. The molecule has 0 unspecified atom stereocenters. The van der Waals surface area contributed by atoms with Gasteiger partial charge in [-0.2, -0.15) is 0 Å². The van der Waals surface area contributed by atoms with E-state index in [0.717, 1.165) is 0 Å². The van der Waals surface area contributed by atoms with Gasteiger partial charge < -0.3 is 0 Å².